The van der Waals surface area contributed by atoms with Gasteiger partial charge in [-0.2, -0.15) is 0 Å². The molecule has 0 radical (unpaired) electrons. The van der Waals surface area contributed by atoms with Gasteiger partial charge < -0.3 is 11.1 Å². The summed E-state index contributed by atoms with van der Waals surface area (Å²) in [6.45, 7) is 5.02. The smallest absolute Gasteiger partial charge is 0.223 e. The van der Waals surface area contributed by atoms with Crippen molar-refractivity contribution < 1.29 is 4.79 Å². The van der Waals surface area contributed by atoms with E-state index in [1.807, 2.05) is 0 Å². The normalized spacial score (nSPS) is 26.5. The highest BCUT2D eigenvalue weighted by Crippen LogP contribution is 2.28. The number of carbonyl (C=O) groups is 1. The lowest BCUT2D eigenvalue weighted by molar-refractivity contribution is -0.127. The van der Waals surface area contributed by atoms with Crippen LogP contribution in [0.1, 0.15) is 58.8 Å². The lowest BCUT2D eigenvalue weighted by Crippen LogP contribution is -2.39. The molecule has 3 unspecified atom stereocenters. The molecule has 17 heavy (non-hydrogen) atoms. The van der Waals surface area contributed by atoms with Crippen LogP contribution in [0.5, 0.6) is 0 Å². The number of carbonyl (C=O) groups excluding carboxylic acids is 1. The fourth-order valence-electron chi connectivity index (χ4n) is 2.69. The van der Waals surface area contributed by atoms with Gasteiger partial charge in [0.15, 0.2) is 0 Å². The second-order valence-electron chi connectivity index (χ2n) is 5.52. The molecule has 3 N–H and O–H groups in total. The highest BCUT2D eigenvalue weighted by Gasteiger charge is 2.26. The lowest BCUT2D eigenvalue weighted by Gasteiger charge is -2.28. The van der Waals surface area contributed by atoms with Crippen LogP contribution in [0.4, 0.5) is 0 Å². The van der Waals surface area contributed by atoms with Crippen molar-refractivity contribution in [1.82, 2.24) is 5.32 Å². The van der Waals surface area contributed by atoms with Crippen LogP contribution in [-0.4, -0.2) is 18.5 Å². The van der Waals surface area contributed by atoms with E-state index in [2.05, 4.69) is 19.2 Å². The second-order valence-corrected chi connectivity index (χ2v) is 5.52. The Morgan fingerprint density at radius 1 is 1.47 bits per heavy atom. The van der Waals surface area contributed by atoms with Gasteiger partial charge in [-0.25, -0.2) is 0 Å². The molecule has 100 valence electrons. The number of unbranched alkanes of at least 4 members (excludes halogenated alkanes) is 1. The van der Waals surface area contributed by atoms with Crippen molar-refractivity contribution in [2.45, 2.75) is 64.8 Å². The van der Waals surface area contributed by atoms with Gasteiger partial charge in [0.25, 0.3) is 0 Å². The second kappa shape index (κ2) is 7.70. The summed E-state index contributed by atoms with van der Waals surface area (Å²) in [6, 6.07) is 0.320. The Labute approximate surface area is 106 Å². The van der Waals surface area contributed by atoms with Gasteiger partial charge in [0.2, 0.25) is 5.91 Å². The topological polar surface area (TPSA) is 55.1 Å². The molecule has 1 aliphatic carbocycles. The zero-order valence-electron chi connectivity index (χ0n) is 11.4. The third-order valence-electron chi connectivity index (χ3n) is 3.87. The van der Waals surface area contributed by atoms with E-state index in [9.17, 15) is 4.79 Å². The maximum atomic E-state index is 12.1. The molecule has 1 amide bonds. The van der Waals surface area contributed by atoms with E-state index in [-0.39, 0.29) is 11.8 Å². The van der Waals surface area contributed by atoms with Gasteiger partial charge in [0, 0.05) is 12.0 Å². The van der Waals surface area contributed by atoms with Crippen molar-refractivity contribution in [3.05, 3.63) is 0 Å². The maximum Gasteiger partial charge on any atom is 0.223 e. The quantitative estimate of drug-likeness (QED) is 0.749. The molecule has 0 aromatic carbocycles. The number of hydrogen-bond acceptors (Lipinski definition) is 2. The first-order valence-electron chi connectivity index (χ1n) is 7.17. The molecule has 0 bridgehead atoms. The molecule has 1 fully saturated rings. The van der Waals surface area contributed by atoms with Gasteiger partial charge in [-0.3, -0.25) is 4.79 Å². The SMILES string of the molecule is CCCCC(C)NC(=O)C1CCCC(CN)C1. The van der Waals surface area contributed by atoms with Crippen LogP contribution < -0.4 is 11.1 Å². The van der Waals surface area contributed by atoms with Gasteiger partial charge >= 0.3 is 0 Å². The van der Waals surface area contributed by atoms with Crippen molar-refractivity contribution >= 4 is 5.91 Å². The van der Waals surface area contributed by atoms with Crippen LogP contribution >= 0.6 is 0 Å². The fourth-order valence-corrected chi connectivity index (χ4v) is 2.69. The minimum absolute atomic E-state index is 0.210. The Balaban J connectivity index is 2.31. The summed E-state index contributed by atoms with van der Waals surface area (Å²) >= 11 is 0. The minimum atomic E-state index is 0.210. The third kappa shape index (κ3) is 5.07. The van der Waals surface area contributed by atoms with Gasteiger partial charge in [0.05, 0.1) is 0 Å². The van der Waals surface area contributed by atoms with Crippen molar-refractivity contribution in [1.29, 1.82) is 0 Å². The van der Waals surface area contributed by atoms with Crippen LogP contribution in [0, 0.1) is 11.8 Å². The predicted octanol–water partition coefficient (Wildman–Crippen LogP) is 2.45. The molecular weight excluding hydrogens is 212 g/mol. The first-order chi connectivity index (χ1) is 8.17. The van der Waals surface area contributed by atoms with E-state index in [0.717, 1.165) is 32.2 Å². The van der Waals surface area contributed by atoms with Crippen LogP contribution in [0.15, 0.2) is 0 Å². The lowest BCUT2D eigenvalue weighted by atomic mass is 9.81. The average molecular weight is 240 g/mol. The maximum absolute atomic E-state index is 12.1. The Bertz CT molecular complexity index is 230. The molecule has 0 saturated heterocycles. The molecule has 3 nitrogen and oxygen atoms in total. The summed E-state index contributed by atoms with van der Waals surface area (Å²) in [5.41, 5.74) is 5.70. The molecule has 1 aliphatic rings. The van der Waals surface area contributed by atoms with Crippen molar-refractivity contribution in [2.75, 3.05) is 6.54 Å². The largest absolute Gasteiger partial charge is 0.353 e. The molecule has 0 spiro atoms. The summed E-state index contributed by atoms with van der Waals surface area (Å²) in [5, 5.41) is 3.15. The molecule has 0 aromatic rings. The van der Waals surface area contributed by atoms with E-state index >= 15 is 0 Å². The van der Waals surface area contributed by atoms with Crippen molar-refractivity contribution in [3.63, 3.8) is 0 Å². The van der Waals surface area contributed by atoms with Crippen molar-refractivity contribution in [2.24, 2.45) is 17.6 Å². The van der Waals surface area contributed by atoms with Crippen LogP contribution in [0.25, 0.3) is 0 Å². The number of amides is 1. The first-order valence-corrected chi connectivity index (χ1v) is 7.17. The van der Waals surface area contributed by atoms with Crippen molar-refractivity contribution in [3.8, 4) is 0 Å². The summed E-state index contributed by atoms with van der Waals surface area (Å²) in [6.07, 6.45) is 7.87. The van der Waals surface area contributed by atoms with Crippen LogP contribution in [-0.2, 0) is 4.79 Å². The van der Waals surface area contributed by atoms with E-state index in [1.54, 1.807) is 0 Å². The van der Waals surface area contributed by atoms with Crippen LogP contribution in [0.3, 0.4) is 0 Å². The Morgan fingerprint density at radius 2 is 2.24 bits per heavy atom. The Hall–Kier alpha value is -0.570. The van der Waals surface area contributed by atoms with E-state index in [4.69, 9.17) is 5.73 Å². The Morgan fingerprint density at radius 3 is 2.88 bits per heavy atom. The zero-order chi connectivity index (χ0) is 12.7. The van der Waals surface area contributed by atoms with E-state index < -0.39 is 0 Å². The van der Waals surface area contributed by atoms with Gasteiger partial charge in [-0.05, 0) is 45.1 Å². The fraction of sp³-hybridized carbons (Fsp3) is 0.929. The number of hydrogen-bond donors (Lipinski definition) is 2. The summed E-state index contributed by atoms with van der Waals surface area (Å²) < 4.78 is 0. The van der Waals surface area contributed by atoms with Gasteiger partial charge in [-0.1, -0.05) is 26.2 Å². The molecule has 3 atom stereocenters. The van der Waals surface area contributed by atoms with Gasteiger partial charge in [0.1, 0.15) is 0 Å². The number of rotatable bonds is 6. The Kier molecular flexibility index (Phi) is 6.56. The molecule has 1 rings (SSSR count). The number of nitrogens with one attached hydrogen (secondary N) is 1. The summed E-state index contributed by atoms with van der Waals surface area (Å²) in [7, 11) is 0. The monoisotopic (exact) mass is 240 g/mol. The highest BCUT2D eigenvalue weighted by atomic mass is 16.1. The highest BCUT2D eigenvalue weighted by molar-refractivity contribution is 5.79. The standard InChI is InChI=1S/C14H28N2O/c1-3-4-6-11(2)16-14(17)13-8-5-7-12(9-13)10-15/h11-13H,3-10,15H2,1-2H3,(H,16,17). The predicted molar refractivity (Wildman–Crippen MR) is 71.6 cm³/mol. The molecule has 0 heterocycles. The first kappa shape index (κ1) is 14.5. The van der Waals surface area contributed by atoms with Crippen LogP contribution in [0.2, 0.25) is 0 Å². The third-order valence-corrected chi connectivity index (χ3v) is 3.87. The number of nitrogens with two attached hydrogens (primary N) is 1. The van der Waals surface area contributed by atoms with Gasteiger partial charge in [-0.15, -0.1) is 0 Å². The van der Waals surface area contributed by atoms with E-state index in [0.29, 0.717) is 12.0 Å². The van der Waals surface area contributed by atoms with E-state index in [1.165, 1.54) is 19.3 Å². The summed E-state index contributed by atoms with van der Waals surface area (Å²) in [5.74, 6) is 1.03. The molecule has 3 heteroatoms. The zero-order valence-corrected chi connectivity index (χ0v) is 11.4. The minimum Gasteiger partial charge on any atom is -0.353 e. The molecule has 0 aliphatic heterocycles. The molecule has 1 saturated carbocycles. The summed E-state index contributed by atoms with van der Waals surface area (Å²) in [4.78, 5) is 12.1. The average Bonchev–Trinajstić information content (AvgIpc) is 2.36. The molecule has 0 aromatic heterocycles. The molecular formula is C14H28N2O.